The number of rotatable bonds is 7. The molecular weight excluding hydrogens is 514 g/mol. The Balaban J connectivity index is 1.73. The highest BCUT2D eigenvalue weighted by Crippen LogP contribution is 2.36. The molecule has 40 heavy (non-hydrogen) atoms. The first-order valence-corrected chi connectivity index (χ1v) is 13.5. The van der Waals surface area contributed by atoms with Crippen LogP contribution in [-0.2, 0) is 14.2 Å². The predicted molar refractivity (Wildman–Crippen MR) is 153 cm³/mol. The first kappa shape index (κ1) is 29.1. The van der Waals surface area contributed by atoms with Crippen LogP contribution in [0.25, 0.3) is 5.52 Å². The number of hydrogen-bond acceptors (Lipinski definition) is 8. The molecule has 0 bridgehead atoms. The normalized spacial score (nSPS) is 19.3. The van der Waals surface area contributed by atoms with Crippen LogP contribution in [0.3, 0.4) is 0 Å². The second-order valence-corrected chi connectivity index (χ2v) is 11.4. The Labute approximate surface area is 234 Å². The van der Waals surface area contributed by atoms with E-state index in [1.165, 1.54) is 15.6 Å². The third-order valence-electron chi connectivity index (χ3n) is 7.26. The maximum Gasteiger partial charge on any atom is 0.415 e. The van der Waals surface area contributed by atoms with Crippen LogP contribution in [0.5, 0.6) is 0 Å². The van der Waals surface area contributed by atoms with E-state index in [1.807, 2.05) is 12.3 Å². The van der Waals surface area contributed by atoms with Crippen molar-refractivity contribution in [2.75, 3.05) is 31.0 Å². The number of anilines is 3. The molecule has 0 spiro atoms. The summed E-state index contributed by atoms with van der Waals surface area (Å²) < 4.78 is 19.7. The van der Waals surface area contributed by atoms with Crippen molar-refractivity contribution in [2.24, 2.45) is 0 Å². The summed E-state index contributed by atoms with van der Waals surface area (Å²) in [5.41, 5.74) is 0.479. The van der Waals surface area contributed by atoms with Crippen molar-refractivity contribution in [2.45, 2.75) is 77.5 Å². The topological polar surface area (TPSA) is 116 Å². The molecule has 1 amide bonds. The van der Waals surface area contributed by atoms with Gasteiger partial charge in [-0.15, -0.1) is 0 Å². The number of carbonyl (C=O) groups is 2. The lowest BCUT2D eigenvalue weighted by atomic mass is 9.83. The van der Waals surface area contributed by atoms with E-state index in [-0.39, 0.29) is 29.4 Å². The molecular formula is C29H39N5O6. The SMILES string of the molecule is CCOC(=O)c1cnn2c(N(C)C(=O)OC(C)(C)C)cc(Nc3cccn(C4CCC(C)(OC)CC4)c3=O)cc12. The molecule has 1 aliphatic rings. The fraction of sp³-hybridized carbons (Fsp3) is 0.517. The molecule has 11 nitrogen and oxygen atoms in total. The van der Waals surface area contributed by atoms with Crippen LogP contribution in [-0.4, -0.2) is 58.2 Å². The van der Waals surface area contributed by atoms with Crippen molar-refractivity contribution in [3.63, 3.8) is 0 Å². The maximum absolute atomic E-state index is 13.6. The Bertz CT molecular complexity index is 1450. The molecule has 11 heteroatoms. The minimum absolute atomic E-state index is 0.0686. The molecule has 0 atom stereocenters. The summed E-state index contributed by atoms with van der Waals surface area (Å²) in [6, 6.07) is 7.00. The van der Waals surface area contributed by atoms with Gasteiger partial charge in [0.15, 0.2) is 0 Å². The molecule has 0 radical (unpaired) electrons. The van der Waals surface area contributed by atoms with Crippen molar-refractivity contribution >= 4 is 34.8 Å². The van der Waals surface area contributed by atoms with E-state index in [0.29, 0.717) is 22.7 Å². The second kappa shape index (κ2) is 11.3. The number of ether oxygens (including phenoxy) is 3. The zero-order valence-electron chi connectivity index (χ0n) is 24.3. The van der Waals surface area contributed by atoms with Crippen molar-refractivity contribution in [1.29, 1.82) is 0 Å². The molecule has 3 aromatic heterocycles. The Morgan fingerprint density at radius 3 is 2.55 bits per heavy atom. The van der Waals surface area contributed by atoms with Gasteiger partial charge in [0.05, 0.1) is 23.9 Å². The molecule has 3 heterocycles. The molecule has 4 rings (SSSR count). The first-order valence-electron chi connectivity index (χ1n) is 13.5. The Hall–Kier alpha value is -3.86. The van der Waals surface area contributed by atoms with Crippen LogP contribution < -0.4 is 15.8 Å². The third-order valence-corrected chi connectivity index (χ3v) is 7.26. The number of nitrogens with zero attached hydrogens (tertiary/aromatic N) is 4. The Morgan fingerprint density at radius 2 is 1.93 bits per heavy atom. The predicted octanol–water partition coefficient (Wildman–Crippen LogP) is 5.31. The van der Waals surface area contributed by atoms with Crippen LogP contribution in [0.4, 0.5) is 22.0 Å². The average molecular weight is 554 g/mol. The van der Waals surface area contributed by atoms with Crippen molar-refractivity contribution in [1.82, 2.24) is 14.2 Å². The van der Waals surface area contributed by atoms with Gasteiger partial charge in [0.1, 0.15) is 22.7 Å². The van der Waals surface area contributed by atoms with Gasteiger partial charge in [0.2, 0.25) is 0 Å². The molecule has 1 saturated carbocycles. The number of carbonyl (C=O) groups excluding carboxylic acids is 2. The lowest BCUT2D eigenvalue weighted by Crippen LogP contribution is -2.36. The highest BCUT2D eigenvalue weighted by Gasteiger charge is 2.32. The summed E-state index contributed by atoms with van der Waals surface area (Å²) in [5.74, 6) is -0.199. The zero-order valence-corrected chi connectivity index (χ0v) is 24.3. The number of pyridine rings is 2. The number of amides is 1. The highest BCUT2D eigenvalue weighted by molar-refractivity contribution is 5.98. The standard InChI is InChI=1S/C29H39N5O6/c1-8-39-26(36)21-18-30-34-23(21)16-19(17-24(34)32(6)27(37)40-28(2,3)4)31-22-10-9-15-33(25(22)35)20-11-13-29(5,38-7)14-12-20/h9-10,15-18,20,31H,8,11-14H2,1-7H3. The van der Waals surface area contributed by atoms with Crippen molar-refractivity contribution in [3.05, 3.63) is 52.6 Å². The average Bonchev–Trinajstić information content (AvgIpc) is 3.33. The fourth-order valence-electron chi connectivity index (χ4n) is 4.91. The molecule has 0 aromatic carbocycles. The molecule has 1 fully saturated rings. The van der Waals surface area contributed by atoms with E-state index in [1.54, 1.807) is 64.6 Å². The number of aromatic nitrogens is 3. The van der Waals surface area contributed by atoms with Gasteiger partial charge in [0, 0.05) is 38.1 Å². The number of fused-ring (bicyclic) bond motifs is 1. The molecule has 216 valence electrons. The molecule has 3 aromatic rings. The number of hydrogen-bond donors (Lipinski definition) is 1. The lowest BCUT2D eigenvalue weighted by molar-refractivity contribution is -0.0324. The minimum atomic E-state index is -0.713. The van der Waals surface area contributed by atoms with Crippen molar-refractivity contribution in [3.8, 4) is 0 Å². The van der Waals surface area contributed by atoms with Gasteiger partial charge in [0.25, 0.3) is 5.56 Å². The Morgan fingerprint density at radius 1 is 1.23 bits per heavy atom. The van der Waals surface area contributed by atoms with Gasteiger partial charge in [-0.05, 0) is 78.5 Å². The van der Waals surface area contributed by atoms with Gasteiger partial charge >= 0.3 is 12.1 Å². The quantitative estimate of drug-likeness (QED) is 0.392. The van der Waals surface area contributed by atoms with Crippen molar-refractivity contribution < 1.29 is 23.8 Å². The molecule has 0 aliphatic heterocycles. The van der Waals surface area contributed by atoms with Crippen LogP contribution in [0.2, 0.25) is 0 Å². The first-order chi connectivity index (χ1) is 18.9. The number of esters is 1. The Kier molecular flexibility index (Phi) is 8.25. The fourth-order valence-corrected chi connectivity index (χ4v) is 4.91. The zero-order chi connectivity index (χ0) is 29.2. The molecule has 1 aliphatic carbocycles. The van der Waals surface area contributed by atoms with Gasteiger partial charge in [-0.3, -0.25) is 9.69 Å². The minimum Gasteiger partial charge on any atom is -0.462 e. The highest BCUT2D eigenvalue weighted by atomic mass is 16.6. The van der Waals surface area contributed by atoms with E-state index >= 15 is 0 Å². The second-order valence-electron chi connectivity index (χ2n) is 11.4. The van der Waals surface area contributed by atoms with E-state index in [0.717, 1.165) is 25.7 Å². The van der Waals surface area contributed by atoms with Crippen LogP contribution in [0, 0.1) is 0 Å². The monoisotopic (exact) mass is 553 g/mol. The summed E-state index contributed by atoms with van der Waals surface area (Å²) in [7, 11) is 3.29. The largest absolute Gasteiger partial charge is 0.462 e. The summed E-state index contributed by atoms with van der Waals surface area (Å²) in [6.45, 7) is 9.37. The van der Waals surface area contributed by atoms with Crippen LogP contribution in [0.1, 0.15) is 76.7 Å². The molecule has 0 saturated heterocycles. The van der Waals surface area contributed by atoms with E-state index in [2.05, 4.69) is 17.3 Å². The number of methoxy groups -OCH3 is 1. The molecule has 0 unspecified atom stereocenters. The third kappa shape index (κ3) is 6.14. The van der Waals surface area contributed by atoms with E-state index < -0.39 is 17.7 Å². The van der Waals surface area contributed by atoms with Crippen LogP contribution in [0.15, 0.2) is 41.5 Å². The van der Waals surface area contributed by atoms with Gasteiger partial charge in [-0.1, -0.05) is 0 Å². The lowest BCUT2D eigenvalue weighted by Gasteiger charge is -2.36. The summed E-state index contributed by atoms with van der Waals surface area (Å²) >= 11 is 0. The van der Waals surface area contributed by atoms with Crippen LogP contribution >= 0.6 is 0 Å². The van der Waals surface area contributed by atoms with E-state index in [4.69, 9.17) is 14.2 Å². The smallest absolute Gasteiger partial charge is 0.415 e. The summed E-state index contributed by atoms with van der Waals surface area (Å²) in [6.07, 6.45) is 6.03. The van der Waals surface area contributed by atoms with Gasteiger partial charge in [-0.25, -0.2) is 14.1 Å². The van der Waals surface area contributed by atoms with Gasteiger partial charge < -0.3 is 24.1 Å². The van der Waals surface area contributed by atoms with Gasteiger partial charge in [-0.2, -0.15) is 5.10 Å². The maximum atomic E-state index is 13.6. The van der Waals surface area contributed by atoms with E-state index in [9.17, 15) is 14.4 Å². The number of nitrogens with one attached hydrogen (secondary N) is 1. The summed E-state index contributed by atoms with van der Waals surface area (Å²) in [5, 5.41) is 7.56. The summed E-state index contributed by atoms with van der Waals surface area (Å²) in [4.78, 5) is 40.5. The molecule has 1 N–H and O–H groups in total.